The van der Waals surface area contributed by atoms with Crippen LogP contribution in [-0.4, -0.2) is 37.0 Å². The Kier molecular flexibility index (Phi) is 3.58. The zero-order valence-corrected chi connectivity index (χ0v) is 12.3. The van der Waals surface area contributed by atoms with E-state index in [0.29, 0.717) is 24.4 Å². The smallest absolute Gasteiger partial charge is 0.319 e. The number of hydrogen-bond acceptors (Lipinski definition) is 3. The van der Waals surface area contributed by atoms with Gasteiger partial charge in [0.1, 0.15) is 5.75 Å². The summed E-state index contributed by atoms with van der Waals surface area (Å²) in [5, 5.41) is 5.54. The third-order valence-corrected chi connectivity index (χ3v) is 3.82. The van der Waals surface area contributed by atoms with Crippen LogP contribution in [0.2, 0.25) is 0 Å². The predicted molar refractivity (Wildman–Crippen MR) is 81.2 cm³/mol. The van der Waals surface area contributed by atoms with E-state index < -0.39 is 6.04 Å². The maximum atomic E-state index is 12.5. The molecule has 0 spiro atoms. The lowest BCUT2D eigenvalue weighted by atomic mass is 9.96. The summed E-state index contributed by atoms with van der Waals surface area (Å²) in [7, 11) is 1.59. The van der Waals surface area contributed by atoms with Gasteiger partial charge in [0, 0.05) is 6.54 Å². The van der Waals surface area contributed by atoms with Gasteiger partial charge in [0.2, 0.25) is 0 Å². The van der Waals surface area contributed by atoms with Gasteiger partial charge in [0.25, 0.3) is 5.91 Å². The minimum atomic E-state index is -0.447. The predicted octanol–water partition coefficient (Wildman–Crippen LogP) is 1.33. The number of benzene rings is 1. The second-order valence-corrected chi connectivity index (χ2v) is 5.17. The number of hydrogen-bond donors (Lipinski definition) is 2. The molecule has 0 saturated heterocycles. The van der Waals surface area contributed by atoms with E-state index >= 15 is 0 Å². The first-order valence-electron chi connectivity index (χ1n) is 6.98. The molecule has 3 amide bonds. The number of nitrogens with zero attached hydrogens (tertiary/aromatic N) is 1. The Morgan fingerprint density at radius 2 is 2.09 bits per heavy atom. The van der Waals surface area contributed by atoms with E-state index in [9.17, 15) is 9.59 Å². The summed E-state index contributed by atoms with van der Waals surface area (Å²) >= 11 is 0. The fourth-order valence-electron chi connectivity index (χ4n) is 2.78. The summed E-state index contributed by atoms with van der Waals surface area (Å²) in [5.41, 5.74) is 2.10. The fraction of sp³-hybridized carbons (Fsp3) is 0.250. The van der Waals surface area contributed by atoms with Crippen molar-refractivity contribution in [2.24, 2.45) is 0 Å². The normalized spacial score (nSPS) is 20.4. The Balaban J connectivity index is 1.95. The maximum Gasteiger partial charge on any atom is 0.319 e. The highest BCUT2D eigenvalue weighted by molar-refractivity contribution is 6.01. The third kappa shape index (κ3) is 2.32. The summed E-state index contributed by atoms with van der Waals surface area (Å²) in [5.74, 6) is 0.646. The minimum absolute atomic E-state index is 0.0804. The lowest BCUT2D eigenvalue weighted by Gasteiger charge is -2.25. The molecule has 6 nitrogen and oxygen atoms in total. The SMILES string of the molecule is C=CCN1CC2=C(C1=O)C(c1ccc(OC)cc1)NC(=O)N2. The van der Waals surface area contributed by atoms with Crippen LogP contribution in [0.1, 0.15) is 11.6 Å². The second kappa shape index (κ2) is 5.55. The molecule has 0 aliphatic carbocycles. The van der Waals surface area contributed by atoms with Crippen LogP contribution in [0.25, 0.3) is 0 Å². The van der Waals surface area contributed by atoms with Gasteiger partial charge in [0.05, 0.1) is 31.0 Å². The molecule has 0 aromatic heterocycles. The second-order valence-electron chi connectivity index (χ2n) is 5.17. The third-order valence-electron chi connectivity index (χ3n) is 3.82. The topological polar surface area (TPSA) is 70.7 Å². The highest BCUT2D eigenvalue weighted by Gasteiger charge is 2.39. The van der Waals surface area contributed by atoms with E-state index in [4.69, 9.17) is 4.74 Å². The van der Waals surface area contributed by atoms with E-state index in [1.807, 2.05) is 24.3 Å². The summed E-state index contributed by atoms with van der Waals surface area (Å²) in [6.07, 6.45) is 1.67. The van der Waals surface area contributed by atoms with E-state index in [0.717, 1.165) is 11.3 Å². The van der Waals surface area contributed by atoms with Crippen LogP contribution in [0.3, 0.4) is 0 Å². The number of carbonyl (C=O) groups is 2. The molecule has 0 fully saturated rings. The quantitative estimate of drug-likeness (QED) is 0.824. The number of carbonyl (C=O) groups excluding carboxylic acids is 2. The molecule has 6 heteroatoms. The summed E-state index contributed by atoms with van der Waals surface area (Å²) in [6, 6.07) is 6.58. The first-order chi connectivity index (χ1) is 10.6. The van der Waals surface area contributed by atoms with Crippen molar-refractivity contribution in [3.63, 3.8) is 0 Å². The lowest BCUT2D eigenvalue weighted by Crippen LogP contribution is -2.44. The summed E-state index contributed by atoms with van der Waals surface area (Å²) in [6.45, 7) is 4.52. The van der Waals surface area contributed by atoms with Crippen molar-refractivity contribution in [1.82, 2.24) is 15.5 Å². The molecule has 1 aromatic carbocycles. The highest BCUT2D eigenvalue weighted by Crippen LogP contribution is 2.32. The Morgan fingerprint density at radius 1 is 1.36 bits per heavy atom. The van der Waals surface area contributed by atoms with Crippen molar-refractivity contribution >= 4 is 11.9 Å². The number of methoxy groups -OCH3 is 1. The molecule has 1 aromatic rings. The maximum absolute atomic E-state index is 12.5. The Hall–Kier alpha value is -2.76. The largest absolute Gasteiger partial charge is 0.497 e. The van der Waals surface area contributed by atoms with Crippen molar-refractivity contribution in [3.8, 4) is 5.75 Å². The average molecular weight is 299 g/mol. The van der Waals surface area contributed by atoms with Gasteiger partial charge in [-0.15, -0.1) is 6.58 Å². The first-order valence-corrected chi connectivity index (χ1v) is 6.98. The fourth-order valence-corrected chi connectivity index (χ4v) is 2.78. The monoisotopic (exact) mass is 299 g/mol. The number of amides is 3. The molecule has 0 bridgehead atoms. The van der Waals surface area contributed by atoms with Crippen molar-refractivity contribution in [2.75, 3.05) is 20.2 Å². The van der Waals surface area contributed by atoms with Gasteiger partial charge in [-0.3, -0.25) is 4.79 Å². The van der Waals surface area contributed by atoms with Crippen LogP contribution in [0.15, 0.2) is 48.2 Å². The first kappa shape index (κ1) is 14.2. The van der Waals surface area contributed by atoms with Gasteiger partial charge in [-0.05, 0) is 17.7 Å². The average Bonchev–Trinajstić information content (AvgIpc) is 2.83. The molecule has 114 valence electrons. The molecule has 2 aliphatic heterocycles. The van der Waals surface area contributed by atoms with Crippen LogP contribution in [0.4, 0.5) is 4.79 Å². The van der Waals surface area contributed by atoms with Crippen LogP contribution in [0.5, 0.6) is 5.75 Å². The van der Waals surface area contributed by atoms with E-state index in [1.54, 1.807) is 18.1 Å². The number of urea groups is 1. The molecule has 0 radical (unpaired) electrons. The van der Waals surface area contributed by atoms with Crippen molar-refractivity contribution in [2.45, 2.75) is 6.04 Å². The Labute approximate surface area is 128 Å². The number of rotatable bonds is 4. The van der Waals surface area contributed by atoms with Gasteiger partial charge in [-0.25, -0.2) is 4.79 Å². The van der Waals surface area contributed by atoms with E-state index in [-0.39, 0.29) is 11.9 Å². The molecule has 0 saturated carbocycles. The lowest BCUT2D eigenvalue weighted by molar-refractivity contribution is -0.125. The van der Waals surface area contributed by atoms with Gasteiger partial charge < -0.3 is 20.3 Å². The summed E-state index contributed by atoms with van der Waals surface area (Å²) in [4.78, 5) is 26.1. The van der Waals surface area contributed by atoms with Gasteiger partial charge >= 0.3 is 6.03 Å². The van der Waals surface area contributed by atoms with Crippen LogP contribution >= 0.6 is 0 Å². The highest BCUT2D eigenvalue weighted by atomic mass is 16.5. The van der Waals surface area contributed by atoms with Crippen molar-refractivity contribution in [3.05, 3.63) is 53.8 Å². The molecular weight excluding hydrogens is 282 g/mol. The van der Waals surface area contributed by atoms with Gasteiger partial charge in [-0.1, -0.05) is 18.2 Å². The number of nitrogens with one attached hydrogen (secondary N) is 2. The van der Waals surface area contributed by atoms with Crippen molar-refractivity contribution in [1.29, 1.82) is 0 Å². The van der Waals surface area contributed by atoms with E-state index in [2.05, 4.69) is 17.2 Å². The standard InChI is InChI=1S/C16H17N3O3/c1-3-8-19-9-12-13(15(19)20)14(18-16(21)17-12)10-4-6-11(22-2)7-5-10/h3-7,14H,1,8-9H2,2H3,(H2,17,18,21). The van der Waals surface area contributed by atoms with Gasteiger partial charge in [0.15, 0.2) is 0 Å². The zero-order chi connectivity index (χ0) is 15.7. The minimum Gasteiger partial charge on any atom is -0.497 e. The molecule has 3 rings (SSSR count). The zero-order valence-electron chi connectivity index (χ0n) is 12.3. The molecule has 2 aliphatic rings. The van der Waals surface area contributed by atoms with Crippen LogP contribution in [0, 0.1) is 0 Å². The summed E-state index contributed by atoms with van der Waals surface area (Å²) < 4.78 is 5.14. The molecule has 22 heavy (non-hydrogen) atoms. The molecule has 1 atom stereocenters. The number of ether oxygens (including phenoxy) is 1. The van der Waals surface area contributed by atoms with Gasteiger partial charge in [-0.2, -0.15) is 0 Å². The van der Waals surface area contributed by atoms with E-state index in [1.165, 1.54) is 0 Å². The van der Waals surface area contributed by atoms with Crippen LogP contribution in [-0.2, 0) is 4.79 Å². The molecular formula is C16H17N3O3. The molecule has 1 unspecified atom stereocenters. The Morgan fingerprint density at radius 3 is 2.73 bits per heavy atom. The Bertz CT molecular complexity index is 664. The molecule has 2 heterocycles. The van der Waals surface area contributed by atoms with Crippen molar-refractivity contribution < 1.29 is 14.3 Å². The van der Waals surface area contributed by atoms with Crippen LogP contribution < -0.4 is 15.4 Å². The molecule has 2 N–H and O–H groups in total.